The van der Waals surface area contributed by atoms with E-state index < -0.39 is 3.79 Å². The van der Waals surface area contributed by atoms with Gasteiger partial charge in [0.25, 0.3) is 0 Å². The quantitative estimate of drug-likeness (QED) is 0.170. The SMILES string of the molecule is CCn1c2ccccc2c2cc(/C=N/Nc3nc(C(Cl)(Cl)Cl)nc4ccccc34)ccc21. The third kappa shape index (κ3) is 3.77. The van der Waals surface area contributed by atoms with Crippen molar-refractivity contribution in [2.45, 2.75) is 17.3 Å². The van der Waals surface area contributed by atoms with Crippen molar-refractivity contribution in [2.24, 2.45) is 5.10 Å². The largest absolute Gasteiger partial charge is 0.341 e. The Morgan fingerprint density at radius 1 is 0.906 bits per heavy atom. The van der Waals surface area contributed by atoms with Crippen LogP contribution in [0.3, 0.4) is 0 Å². The summed E-state index contributed by atoms with van der Waals surface area (Å²) in [5, 5.41) is 7.60. The minimum absolute atomic E-state index is 0.0905. The van der Waals surface area contributed by atoms with Crippen LogP contribution in [0.1, 0.15) is 18.3 Å². The van der Waals surface area contributed by atoms with Crippen molar-refractivity contribution in [1.82, 2.24) is 14.5 Å². The molecule has 0 aliphatic rings. The van der Waals surface area contributed by atoms with E-state index in [0.717, 1.165) is 17.5 Å². The molecule has 8 heteroatoms. The zero-order valence-electron chi connectivity index (χ0n) is 17.1. The van der Waals surface area contributed by atoms with E-state index in [9.17, 15) is 0 Å². The van der Waals surface area contributed by atoms with Crippen molar-refractivity contribution >= 4 is 79.5 Å². The summed E-state index contributed by atoms with van der Waals surface area (Å²) in [6.45, 7) is 3.06. The van der Waals surface area contributed by atoms with Gasteiger partial charge in [0.2, 0.25) is 3.79 Å². The van der Waals surface area contributed by atoms with Gasteiger partial charge < -0.3 is 4.57 Å². The molecule has 0 aliphatic carbocycles. The van der Waals surface area contributed by atoms with Gasteiger partial charge in [-0.3, -0.25) is 5.43 Å². The van der Waals surface area contributed by atoms with E-state index >= 15 is 0 Å². The molecule has 1 N–H and O–H groups in total. The third-order valence-electron chi connectivity index (χ3n) is 5.35. The predicted molar refractivity (Wildman–Crippen MR) is 135 cm³/mol. The molecule has 5 rings (SSSR count). The fraction of sp³-hybridized carbons (Fsp3) is 0.125. The van der Waals surface area contributed by atoms with Gasteiger partial charge in [0.05, 0.1) is 11.7 Å². The summed E-state index contributed by atoms with van der Waals surface area (Å²) in [7, 11) is 0. The Morgan fingerprint density at radius 3 is 2.41 bits per heavy atom. The number of aryl methyl sites for hydroxylation is 1. The number of hydrogen-bond acceptors (Lipinski definition) is 4. The van der Waals surface area contributed by atoms with Crippen LogP contribution in [0.4, 0.5) is 5.82 Å². The van der Waals surface area contributed by atoms with E-state index in [4.69, 9.17) is 34.8 Å². The lowest BCUT2D eigenvalue weighted by Gasteiger charge is -2.12. The Bertz CT molecular complexity index is 1480. The summed E-state index contributed by atoms with van der Waals surface area (Å²) in [5.74, 6) is 0.560. The normalized spacial score (nSPS) is 12.4. The molecule has 0 spiro atoms. The Labute approximate surface area is 199 Å². The maximum absolute atomic E-state index is 6.02. The molecule has 0 aliphatic heterocycles. The molecule has 2 aromatic heterocycles. The zero-order chi connectivity index (χ0) is 22.3. The molecule has 0 bridgehead atoms. The molecule has 0 atom stereocenters. The molecule has 0 unspecified atom stereocenters. The number of nitrogens with zero attached hydrogens (tertiary/aromatic N) is 4. The van der Waals surface area contributed by atoms with Crippen LogP contribution in [0.25, 0.3) is 32.7 Å². The van der Waals surface area contributed by atoms with Gasteiger partial charge in [-0.2, -0.15) is 5.10 Å². The van der Waals surface area contributed by atoms with Crippen LogP contribution in [0.15, 0.2) is 71.8 Å². The van der Waals surface area contributed by atoms with Gasteiger partial charge in [-0.25, -0.2) is 9.97 Å². The van der Waals surface area contributed by atoms with Crippen LogP contribution in [0, 0.1) is 0 Å². The number of anilines is 1. The summed E-state index contributed by atoms with van der Waals surface area (Å²) in [6, 6.07) is 22.2. The smallest absolute Gasteiger partial charge is 0.250 e. The van der Waals surface area contributed by atoms with Crippen molar-refractivity contribution in [3.05, 3.63) is 78.1 Å². The van der Waals surface area contributed by atoms with Gasteiger partial charge in [0, 0.05) is 33.7 Å². The second-order valence-electron chi connectivity index (χ2n) is 7.32. The van der Waals surface area contributed by atoms with Gasteiger partial charge in [0.1, 0.15) is 0 Å². The number of halogens is 3. The fourth-order valence-electron chi connectivity index (χ4n) is 3.95. The predicted octanol–water partition coefficient (Wildman–Crippen LogP) is 7.03. The molecule has 160 valence electrons. The Balaban J connectivity index is 1.52. The molecule has 5 aromatic rings. The van der Waals surface area contributed by atoms with E-state index in [2.05, 4.69) is 68.4 Å². The molecule has 0 radical (unpaired) electrons. The summed E-state index contributed by atoms with van der Waals surface area (Å²) in [4.78, 5) is 8.72. The lowest BCUT2D eigenvalue weighted by Crippen LogP contribution is -2.09. The molecule has 3 aromatic carbocycles. The molecule has 0 amide bonds. The van der Waals surface area contributed by atoms with E-state index in [1.807, 2.05) is 30.3 Å². The van der Waals surface area contributed by atoms with Crippen LogP contribution in [-0.2, 0) is 10.3 Å². The standard InChI is InChI=1S/C24H18Cl3N5/c1-2-32-20-10-6-4-7-16(20)18-13-15(11-12-21(18)32)14-28-31-22-17-8-3-5-9-19(17)29-23(30-22)24(25,26)27/h3-14H,2H2,1H3,(H,29,30,31)/b28-14+. The first-order valence-electron chi connectivity index (χ1n) is 10.1. The van der Waals surface area contributed by atoms with Crippen LogP contribution in [0.5, 0.6) is 0 Å². The average molecular weight is 483 g/mol. The first kappa shape index (κ1) is 21.0. The van der Waals surface area contributed by atoms with Gasteiger partial charge in [-0.1, -0.05) is 71.2 Å². The topological polar surface area (TPSA) is 55.1 Å². The summed E-state index contributed by atoms with van der Waals surface area (Å²) < 4.78 is 0.581. The highest BCUT2D eigenvalue weighted by Crippen LogP contribution is 2.37. The third-order valence-corrected chi connectivity index (χ3v) is 5.86. The van der Waals surface area contributed by atoms with E-state index in [0.29, 0.717) is 11.3 Å². The minimum Gasteiger partial charge on any atom is -0.341 e. The fourth-order valence-corrected chi connectivity index (χ4v) is 4.20. The second kappa shape index (κ2) is 8.24. The number of hydrogen-bond donors (Lipinski definition) is 1. The van der Waals surface area contributed by atoms with E-state index in [1.54, 1.807) is 6.21 Å². The zero-order valence-corrected chi connectivity index (χ0v) is 19.3. The first-order chi connectivity index (χ1) is 15.5. The molecule has 5 nitrogen and oxygen atoms in total. The lowest BCUT2D eigenvalue weighted by atomic mass is 10.1. The van der Waals surface area contributed by atoms with Crippen LogP contribution < -0.4 is 5.43 Å². The number of aromatic nitrogens is 3. The number of rotatable bonds is 4. The Morgan fingerprint density at radius 2 is 1.62 bits per heavy atom. The Kier molecular flexibility index (Phi) is 5.41. The van der Waals surface area contributed by atoms with E-state index in [-0.39, 0.29) is 5.82 Å². The summed E-state index contributed by atoms with van der Waals surface area (Å²) >= 11 is 18.0. The van der Waals surface area contributed by atoms with Gasteiger partial charge in [-0.15, -0.1) is 0 Å². The monoisotopic (exact) mass is 481 g/mol. The lowest BCUT2D eigenvalue weighted by molar-refractivity contribution is 0.827. The van der Waals surface area contributed by atoms with Gasteiger partial charge in [0.15, 0.2) is 11.6 Å². The molecule has 0 saturated carbocycles. The highest BCUT2D eigenvalue weighted by Gasteiger charge is 2.28. The number of fused-ring (bicyclic) bond motifs is 4. The van der Waals surface area contributed by atoms with Crippen molar-refractivity contribution in [3.63, 3.8) is 0 Å². The van der Waals surface area contributed by atoms with Crippen molar-refractivity contribution in [2.75, 3.05) is 5.43 Å². The van der Waals surface area contributed by atoms with Crippen molar-refractivity contribution < 1.29 is 0 Å². The Hall–Kier alpha value is -2.86. The van der Waals surface area contributed by atoms with Crippen LogP contribution in [-0.4, -0.2) is 20.7 Å². The highest BCUT2D eigenvalue weighted by atomic mass is 35.6. The molecule has 2 heterocycles. The minimum atomic E-state index is -1.73. The van der Waals surface area contributed by atoms with Gasteiger partial charge in [-0.05, 0) is 42.8 Å². The molecule has 0 saturated heterocycles. The van der Waals surface area contributed by atoms with Crippen molar-refractivity contribution in [1.29, 1.82) is 0 Å². The number of para-hydroxylation sites is 2. The highest BCUT2D eigenvalue weighted by molar-refractivity contribution is 6.66. The maximum Gasteiger partial charge on any atom is 0.250 e. The molecule has 0 fully saturated rings. The number of alkyl halides is 3. The number of hydrazone groups is 1. The molecular weight excluding hydrogens is 465 g/mol. The maximum atomic E-state index is 6.02. The number of nitrogens with one attached hydrogen (secondary N) is 1. The molecular formula is C24H18Cl3N5. The first-order valence-corrected chi connectivity index (χ1v) is 11.2. The van der Waals surface area contributed by atoms with E-state index in [1.165, 1.54) is 21.8 Å². The number of benzene rings is 3. The van der Waals surface area contributed by atoms with Crippen molar-refractivity contribution in [3.8, 4) is 0 Å². The summed E-state index contributed by atoms with van der Waals surface area (Å²) in [5.41, 5.74) is 7.04. The second-order valence-corrected chi connectivity index (χ2v) is 9.60. The van der Waals surface area contributed by atoms with Crippen LogP contribution in [0.2, 0.25) is 0 Å². The molecule has 32 heavy (non-hydrogen) atoms. The average Bonchev–Trinajstić information content (AvgIpc) is 3.11. The summed E-state index contributed by atoms with van der Waals surface area (Å²) in [6.07, 6.45) is 1.75. The van der Waals surface area contributed by atoms with Gasteiger partial charge >= 0.3 is 0 Å². The van der Waals surface area contributed by atoms with Crippen LogP contribution >= 0.6 is 34.8 Å².